The van der Waals surface area contributed by atoms with Crippen molar-refractivity contribution in [1.29, 1.82) is 0 Å². The molecule has 2 aromatic rings. The van der Waals surface area contributed by atoms with E-state index < -0.39 is 0 Å². The van der Waals surface area contributed by atoms with Crippen molar-refractivity contribution < 1.29 is 0 Å². The molecule has 0 saturated heterocycles. The van der Waals surface area contributed by atoms with Crippen molar-refractivity contribution in [3.8, 4) is 16.9 Å². The summed E-state index contributed by atoms with van der Waals surface area (Å²) in [5.41, 5.74) is 2.49. The summed E-state index contributed by atoms with van der Waals surface area (Å²) in [6.45, 7) is 0. The molecule has 2 aliphatic rings. The Morgan fingerprint density at radius 3 is 2.68 bits per heavy atom. The maximum Gasteiger partial charge on any atom is 0.144 e. The Hall–Kier alpha value is -2.61. The standard InChI is InChI=1S/C17H12N2/c1-2-7-16-14(4-1)8-10-18-17(16)19-11-9-13-5-3-6-15(13)12-19/h1-12H. The summed E-state index contributed by atoms with van der Waals surface area (Å²) in [7, 11) is 0. The van der Waals surface area contributed by atoms with Crippen LogP contribution in [0.25, 0.3) is 27.7 Å². The molecule has 4 rings (SSSR count). The minimum Gasteiger partial charge on any atom is -0.308 e. The SMILES string of the molecule is c1cc2ccn(-c3nccc4ccccc34)cc-2c1. The van der Waals surface area contributed by atoms with Crippen LogP contribution in [0.5, 0.6) is 0 Å². The van der Waals surface area contributed by atoms with Crippen LogP contribution in [0.15, 0.2) is 73.2 Å². The molecule has 1 aromatic carbocycles. The second kappa shape index (κ2) is 3.95. The molecule has 0 amide bonds. The third kappa shape index (κ3) is 1.61. The summed E-state index contributed by atoms with van der Waals surface area (Å²) in [5.74, 6) is 0.973. The van der Waals surface area contributed by atoms with E-state index >= 15 is 0 Å². The fraction of sp³-hybridized carbons (Fsp3) is 0. The highest BCUT2D eigenvalue weighted by atomic mass is 15.0. The fourth-order valence-electron chi connectivity index (χ4n) is 2.51. The highest BCUT2D eigenvalue weighted by Gasteiger charge is 2.06. The van der Waals surface area contributed by atoms with Crippen molar-refractivity contribution in [2.24, 2.45) is 0 Å². The van der Waals surface area contributed by atoms with Crippen LogP contribution in [0.4, 0.5) is 0 Å². The second-order valence-corrected chi connectivity index (χ2v) is 4.64. The summed E-state index contributed by atoms with van der Waals surface area (Å²) >= 11 is 0. The van der Waals surface area contributed by atoms with Crippen LogP contribution in [0.3, 0.4) is 0 Å². The zero-order chi connectivity index (χ0) is 12.7. The van der Waals surface area contributed by atoms with Crippen LogP contribution >= 0.6 is 0 Å². The summed E-state index contributed by atoms with van der Waals surface area (Å²) in [4.78, 5) is 4.53. The second-order valence-electron chi connectivity index (χ2n) is 4.64. The minimum atomic E-state index is 0.973. The van der Waals surface area contributed by atoms with Gasteiger partial charge < -0.3 is 4.57 Å². The average molecular weight is 244 g/mol. The number of hydrogen-bond acceptors (Lipinski definition) is 1. The lowest BCUT2D eigenvalue weighted by Crippen LogP contribution is -1.99. The van der Waals surface area contributed by atoms with Crippen LogP contribution in [-0.4, -0.2) is 9.55 Å². The number of hydrogen-bond donors (Lipinski definition) is 0. The monoisotopic (exact) mass is 244 g/mol. The van der Waals surface area contributed by atoms with Crippen molar-refractivity contribution in [3.05, 3.63) is 73.2 Å². The molecule has 0 N–H and O–H groups in total. The Balaban J connectivity index is 2.02. The molecule has 1 aromatic heterocycles. The quantitative estimate of drug-likeness (QED) is 0.492. The van der Waals surface area contributed by atoms with Gasteiger partial charge in [-0.05, 0) is 28.6 Å². The number of benzene rings is 1. The topological polar surface area (TPSA) is 17.8 Å². The molecule has 0 spiro atoms. The smallest absolute Gasteiger partial charge is 0.144 e. The molecule has 1 aliphatic heterocycles. The zero-order valence-corrected chi connectivity index (χ0v) is 10.3. The van der Waals surface area contributed by atoms with Gasteiger partial charge in [0.05, 0.1) is 0 Å². The van der Waals surface area contributed by atoms with Gasteiger partial charge in [-0.25, -0.2) is 4.98 Å². The summed E-state index contributed by atoms with van der Waals surface area (Å²) in [6, 6.07) is 18.8. The molecule has 90 valence electrons. The Morgan fingerprint density at radius 2 is 1.68 bits per heavy atom. The van der Waals surface area contributed by atoms with E-state index in [-0.39, 0.29) is 0 Å². The normalized spacial score (nSPS) is 11.2. The van der Waals surface area contributed by atoms with Crippen LogP contribution in [0.2, 0.25) is 0 Å². The van der Waals surface area contributed by atoms with Gasteiger partial charge in [0, 0.05) is 24.0 Å². The molecular weight excluding hydrogens is 232 g/mol. The van der Waals surface area contributed by atoms with Gasteiger partial charge in [0.2, 0.25) is 0 Å². The van der Waals surface area contributed by atoms with E-state index in [2.05, 4.69) is 70.5 Å². The molecule has 19 heavy (non-hydrogen) atoms. The first-order valence-corrected chi connectivity index (χ1v) is 6.33. The first kappa shape index (κ1) is 10.3. The van der Waals surface area contributed by atoms with Gasteiger partial charge in [0.1, 0.15) is 5.82 Å². The molecule has 0 bridgehead atoms. The van der Waals surface area contributed by atoms with Crippen molar-refractivity contribution >= 4 is 10.8 Å². The third-order valence-electron chi connectivity index (χ3n) is 3.47. The number of nitrogens with zero attached hydrogens (tertiary/aromatic N) is 2. The van der Waals surface area contributed by atoms with E-state index in [0.717, 1.165) is 5.82 Å². The Morgan fingerprint density at radius 1 is 0.789 bits per heavy atom. The van der Waals surface area contributed by atoms with Crippen molar-refractivity contribution in [2.45, 2.75) is 0 Å². The van der Waals surface area contributed by atoms with Crippen molar-refractivity contribution in [3.63, 3.8) is 0 Å². The van der Waals surface area contributed by atoms with Gasteiger partial charge in [-0.3, -0.25) is 0 Å². The molecule has 0 radical (unpaired) electrons. The van der Waals surface area contributed by atoms with E-state index in [1.807, 2.05) is 12.3 Å². The molecule has 0 atom stereocenters. The van der Waals surface area contributed by atoms with E-state index in [9.17, 15) is 0 Å². The maximum atomic E-state index is 4.53. The molecule has 0 fully saturated rings. The molecule has 2 heteroatoms. The van der Waals surface area contributed by atoms with Crippen LogP contribution < -0.4 is 0 Å². The van der Waals surface area contributed by atoms with E-state index in [0.29, 0.717) is 0 Å². The molecule has 0 saturated carbocycles. The third-order valence-corrected chi connectivity index (χ3v) is 3.47. The first-order chi connectivity index (χ1) is 9.42. The van der Waals surface area contributed by atoms with Crippen LogP contribution in [0, 0.1) is 0 Å². The minimum absolute atomic E-state index is 0.973. The van der Waals surface area contributed by atoms with Crippen molar-refractivity contribution in [1.82, 2.24) is 9.55 Å². The number of fused-ring (bicyclic) bond motifs is 2. The summed E-state index contributed by atoms with van der Waals surface area (Å²) in [6.07, 6.45) is 6.06. The number of rotatable bonds is 1. The lowest BCUT2D eigenvalue weighted by Gasteiger charge is -2.11. The lowest BCUT2D eigenvalue weighted by atomic mass is 10.1. The highest BCUT2D eigenvalue weighted by Crippen LogP contribution is 2.25. The number of pyridine rings is 2. The summed E-state index contributed by atoms with van der Waals surface area (Å²) in [5, 5.41) is 2.38. The largest absolute Gasteiger partial charge is 0.308 e. The van der Waals surface area contributed by atoms with Gasteiger partial charge in [0.25, 0.3) is 0 Å². The Bertz CT molecular complexity index is 824. The molecular formula is C17H12N2. The van der Waals surface area contributed by atoms with E-state index in [4.69, 9.17) is 0 Å². The molecule has 0 unspecified atom stereocenters. The molecule has 1 aliphatic carbocycles. The Labute approximate surface area is 111 Å². The molecule has 2 heterocycles. The van der Waals surface area contributed by atoms with E-state index in [1.54, 1.807) is 0 Å². The fourth-order valence-corrected chi connectivity index (χ4v) is 2.51. The van der Waals surface area contributed by atoms with Crippen LogP contribution in [-0.2, 0) is 0 Å². The maximum absolute atomic E-state index is 4.53. The van der Waals surface area contributed by atoms with Crippen LogP contribution in [0.1, 0.15) is 0 Å². The predicted molar refractivity (Wildman–Crippen MR) is 77.7 cm³/mol. The zero-order valence-electron chi connectivity index (χ0n) is 10.3. The Kier molecular flexibility index (Phi) is 2.15. The predicted octanol–water partition coefficient (Wildman–Crippen LogP) is 4.13. The highest BCUT2D eigenvalue weighted by molar-refractivity contribution is 5.88. The van der Waals surface area contributed by atoms with Gasteiger partial charge >= 0.3 is 0 Å². The van der Waals surface area contributed by atoms with Gasteiger partial charge in [-0.2, -0.15) is 0 Å². The first-order valence-electron chi connectivity index (χ1n) is 6.33. The molecule has 2 nitrogen and oxygen atoms in total. The summed E-state index contributed by atoms with van der Waals surface area (Å²) < 4.78 is 2.09. The van der Waals surface area contributed by atoms with Crippen molar-refractivity contribution in [2.75, 3.05) is 0 Å². The van der Waals surface area contributed by atoms with E-state index in [1.165, 1.54) is 21.9 Å². The number of aromatic nitrogens is 2. The van der Waals surface area contributed by atoms with Gasteiger partial charge in [-0.1, -0.05) is 42.5 Å². The average Bonchev–Trinajstić information content (AvgIpc) is 2.94. The van der Waals surface area contributed by atoms with Gasteiger partial charge in [-0.15, -0.1) is 0 Å². The van der Waals surface area contributed by atoms with Gasteiger partial charge in [0.15, 0.2) is 0 Å². The lowest BCUT2D eigenvalue weighted by molar-refractivity contribution is 1.00.